The van der Waals surface area contributed by atoms with Crippen molar-refractivity contribution in [3.8, 4) is 0 Å². The molecule has 4 N–H and O–H groups in total. The topological polar surface area (TPSA) is 74.3 Å². The van der Waals surface area contributed by atoms with Gasteiger partial charge in [0.2, 0.25) is 5.96 Å². The van der Waals surface area contributed by atoms with E-state index in [1.54, 1.807) is 0 Å². The van der Waals surface area contributed by atoms with E-state index in [9.17, 15) is 0 Å². The number of hydrazine groups is 1. The second kappa shape index (κ2) is 4.37. The number of hydrogen-bond donors (Lipinski definition) is 3. The van der Waals surface area contributed by atoms with E-state index in [1.165, 1.54) is 0 Å². The predicted molar refractivity (Wildman–Crippen MR) is 53.7 cm³/mol. The van der Waals surface area contributed by atoms with E-state index in [2.05, 4.69) is 10.4 Å². The second-order valence-electron chi connectivity index (χ2n) is 2.56. The zero-order valence-corrected chi connectivity index (χ0v) is 7.41. The van der Waals surface area contributed by atoms with Crippen LogP contribution in [-0.4, -0.2) is 11.7 Å². The average molecular weight is 176 g/mol. The molecule has 0 aliphatic carbocycles. The van der Waals surface area contributed by atoms with Crippen LogP contribution in [0.2, 0.25) is 0 Å². The molecule has 0 unspecified atom stereocenters. The van der Waals surface area contributed by atoms with Gasteiger partial charge in [0.25, 0.3) is 0 Å². The summed E-state index contributed by atoms with van der Waals surface area (Å²) in [6.45, 7) is 1.83. The van der Waals surface area contributed by atoms with Crippen molar-refractivity contribution in [2.45, 2.75) is 6.92 Å². The van der Waals surface area contributed by atoms with Gasteiger partial charge in [-0.05, 0) is 12.5 Å². The summed E-state index contributed by atoms with van der Waals surface area (Å²) in [7, 11) is 0. The first-order chi connectivity index (χ1) is 6.24. The van der Waals surface area contributed by atoms with E-state index < -0.39 is 0 Å². The summed E-state index contributed by atoms with van der Waals surface area (Å²) >= 11 is 0. The molecule has 0 heterocycles. The molecule has 0 bridgehead atoms. The summed E-state index contributed by atoms with van der Waals surface area (Å²) in [6.07, 6.45) is 0. The van der Waals surface area contributed by atoms with Crippen molar-refractivity contribution in [3.63, 3.8) is 0 Å². The van der Waals surface area contributed by atoms with E-state index in [4.69, 9.17) is 11.3 Å². The molecular formula is C9H12N4. The SMILES string of the molecule is CC(=NC(=N)NN)c1ccccc1. The quantitative estimate of drug-likeness (QED) is 0.257. The summed E-state index contributed by atoms with van der Waals surface area (Å²) in [6, 6.07) is 9.65. The molecule has 4 nitrogen and oxygen atoms in total. The van der Waals surface area contributed by atoms with E-state index in [-0.39, 0.29) is 5.96 Å². The largest absolute Gasteiger partial charge is 0.293 e. The van der Waals surface area contributed by atoms with Crippen LogP contribution in [-0.2, 0) is 0 Å². The molecule has 0 fully saturated rings. The van der Waals surface area contributed by atoms with Gasteiger partial charge in [0.15, 0.2) is 0 Å². The summed E-state index contributed by atoms with van der Waals surface area (Å²) in [5.41, 5.74) is 3.92. The standard InChI is InChI=1S/C9H12N4/c1-7(12-9(10)13-11)8-5-3-2-4-6-8/h2-6H,11H2,1H3,(H2,10,13). The van der Waals surface area contributed by atoms with Gasteiger partial charge in [-0.15, -0.1) is 0 Å². The highest BCUT2D eigenvalue weighted by Gasteiger charge is 1.96. The Kier molecular flexibility index (Phi) is 3.16. The number of nitrogens with zero attached hydrogens (tertiary/aromatic N) is 1. The lowest BCUT2D eigenvalue weighted by Gasteiger charge is -2.00. The Hall–Kier alpha value is -1.68. The first-order valence-corrected chi connectivity index (χ1v) is 3.90. The molecule has 1 aromatic rings. The van der Waals surface area contributed by atoms with Gasteiger partial charge in [0.05, 0.1) is 0 Å². The van der Waals surface area contributed by atoms with Gasteiger partial charge in [-0.3, -0.25) is 10.8 Å². The zero-order valence-electron chi connectivity index (χ0n) is 7.41. The van der Waals surface area contributed by atoms with Crippen LogP contribution in [0, 0.1) is 5.41 Å². The highest BCUT2D eigenvalue weighted by Crippen LogP contribution is 2.00. The molecule has 0 saturated heterocycles. The summed E-state index contributed by atoms with van der Waals surface area (Å²) < 4.78 is 0. The molecule has 13 heavy (non-hydrogen) atoms. The molecule has 0 radical (unpaired) electrons. The molecule has 4 heteroatoms. The minimum Gasteiger partial charge on any atom is -0.293 e. The Labute approximate surface area is 77.0 Å². The van der Waals surface area contributed by atoms with Crippen LogP contribution in [0.4, 0.5) is 0 Å². The molecule has 1 rings (SSSR count). The maximum Gasteiger partial charge on any atom is 0.229 e. The normalized spacial score (nSPS) is 11.1. The van der Waals surface area contributed by atoms with Crippen molar-refractivity contribution >= 4 is 11.7 Å². The van der Waals surface area contributed by atoms with Gasteiger partial charge in [-0.1, -0.05) is 30.3 Å². The minimum atomic E-state index is -0.0404. The molecule has 0 aromatic heterocycles. The van der Waals surface area contributed by atoms with Crippen molar-refractivity contribution in [2.24, 2.45) is 10.8 Å². The average Bonchev–Trinajstić information content (AvgIpc) is 2.19. The lowest BCUT2D eigenvalue weighted by Crippen LogP contribution is -2.28. The van der Waals surface area contributed by atoms with Crippen molar-refractivity contribution in [3.05, 3.63) is 35.9 Å². The van der Waals surface area contributed by atoms with Gasteiger partial charge in [0.1, 0.15) is 0 Å². The molecule has 1 aromatic carbocycles. The maximum absolute atomic E-state index is 7.19. The van der Waals surface area contributed by atoms with Crippen LogP contribution >= 0.6 is 0 Å². The van der Waals surface area contributed by atoms with Crippen LogP contribution in [0.25, 0.3) is 0 Å². The van der Waals surface area contributed by atoms with Gasteiger partial charge in [-0.2, -0.15) is 0 Å². The monoisotopic (exact) mass is 176 g/mol. The van der Waals surface area contributed by atoms with Gasteiger partial charge in [0, 0.05) is 5.71 Å². The van der Waals surface area contributed by atoms with E-state index in [0.29, 0.717) is 0 Å². The molecule has 0 atom stereocenters. The van der Waals surface area contributed by atoms with Crippen molar-refractivity contribution < 1.29 is 0 Å². The van der Waals surface area contributed by atoms with E-state index >= 15 is 0 Å². The number of benzene rings is 1. The third-order valence-corrected chi connectivity index (χ3v) is 1.61. The maximum atomic E-state index is 7.19. The highest BCUT2D eigenvalue weighted by atomic mass is 15.3. The molecule has 68 valence electrons. The number of rotatable bonds is 1. The number of aliphatic imine (C=N–C) groups is 1. The molecule has 0 aliphatic heterocycles. The molecule has 0 amide bonds. The fourth-order valence-corrected chi connectivity index (χ4v) is 0.944. The van der Waals surface area contributed by atoms with Crippen LogP contribution < -0.4 is 11.3 Å². The Balaban J connectivity index is 2.85. The first kappa shape index (κ1) is 9.41. The number of nitrogens with one attached hydrogen (secondary N) is 2. The van der Waals surface area contributed by atoms with E-state index in [0.717, 1.165) is 11.3 Å². The third kappa shape index (κ3) is 2.68. The van der Waals surface area contributed by atoms with E-state index in [1.807, 2.05) is 37.3 Å². The van der Waals surface area contributed by atoms with Crippen LogP contribution in [0.1, 0.15) is 12.5 Å². The smallest absolute Gasteiger partial charge is 0.229 e. The predicted octanol–water partition coefficient (Wildman–Crippen LogP) is 0.894. The lowest BCUT2D eigenvalue weighted by atomic mass is 10.1. The number of nitrogens with two attached hydrogens (primary N) is 1. The highest BCUT2D eigenvalue weighted by molar-refractivity contribution is 6.04. The number of guanidine groups is 1. The van der Waals surface area contributed by atoms with Gasteiger partial charge < -0.3 is 0 Å². The fourth-order valence-electron chi connectivity index (χ4n) is 0.944. The fraction of sp³-hybridized carbons (Fsp3) is 0.111. The summed E-state index contributed by atoms with van der Waals surface area (Å²) in [4.78, 5) is 3.93. The molecule has 0 spiro atoms. The molecular weight excluding hydrogens is 164 g/mol. The molecule has 0 aliphatic rings. The minimum absolute atomic E-state index is 0.0404. The van der Waals surface area contributed by atoms with Crippen molar-refractivity contribution in [2.75, 3.05) is 0 Å². The Bertz CT molecular complexity index is 316. The Morgan fingerprint density at radius 2 is 2.00 bits per heavy atom. The van der Waals surface area contributed by atoms with Gasteiger partial charge >= 0.3 is 0 Å². The number of hydrogen-bond acceptors (Lipinski definition) is 2. The third-order valence-electron chi connectivity index (χ3n) is 1.61. The summed E-state index contributed by atoms with van der Waals surface area (Å²) in [5, 5.41) is 7.19. The second-order valence-corrected chi connectivity index (χ2v) is 2.56. The summed E-state index contributed by atoms with van der Waals surface area (Å²) in [5.74, 6) is 4.98. The van der Waals surface area contributed by atoms with Gasteiger partial charge in [-0.25, -0.2) is 10.8 Å². The van der Waals surface area contributed by atoms with Crippen LogP contribution in [0.15, 0.2) is 35.3 Å². The Morgan fingerprint density at radius 3 is 2.54 bits per heavy atom. The first-order valence-electron chi connectivity index (χ1n) is 3.90. The lowest BCUT2D eigenvalue weighted by molar-refractivity contribution is 0.995. The van der Waals surface area contributed by atoms with Crippen LogP contribution in [0.3, 0.4) is 0 Å². The molecule has 0 saturated carbocycles. The van der Waals surface area contributed by atoms with Crippen LogP contribution in [0.5, 0.6) is 0 Å². The Morgan fingerprint density at radius 1 is 1.38 bits per heavy atom. The van der Waals surface area contributed by atoms with Crippen molar-refractivity contribution in [1.82, 2.24) is 5.43 Å². The zero-order chi connectivity index (χ0) is 9.68. The van der Waals surface area contributed by atoms with Crippen molar-refractivity contribution in [1.29, 1.82) is 5.41 Å².